The monoisotopic (exact) mass is 496 g/mol. The number of para-hydroxylation sites is 1. The van der Waals surface area contributed by atoms with Gasteiger partial charge in [0, 0.05) is 24.3 Å². The fourth-order valence-corrected chi connectivity index (χ4v) is 4.46. The summed E-state index contributed by atoms with van der Waals surface area (Å²) >= 11 is 0. The lowest BCUT2D eigenvalue weighted by atomic mass is 10.0. The minimum atomic E-state index is -0.433. The van der Waals surface area contributed by atoms with Gasteiger partial charge in [-0.1, -0.05) is 24.3 Å². The van der Waals surface area contributed by atoms with Gasteiger partial charge >= 0.3 is 5.97 Å². The SMILES string of the molecule is CCOC(=O)c1ccc(CC(=O)NC(COC(C)C)c2ccccc2N2CCCCC2)cc1OCC. The molecule has 2 aromatic carbocycles. The normalized spacial score (nSPS) is 14.4. The molecule has 7 heteroatoms. The number of carbonyl (C=O) groups is 2. The molecule has 1 unspecified atom stereocenters. The van der Waals surface area contributed by atoms with Crippen molar-refractivity contribution in [3.8, 4) is 5.75 Å². The molecule has 196 valence electrons. The van der Waals surface area contributed by atoms with E-state index in [1.54, 1.807) is 25.1 Å². The minimum absolute atomic E-state index is 0.0516. The highest BCUT2D eigenvalue weighted by Gasteiger charge is 2.23. The van der Waals surface area contributed by atoms with Gasteiger partial charge in [-0.05, 0) is 70.7 Å². The van der Waals surface area contributed by atoms with Gasteiger partial charge in [-0.2, -0.15) is 0 Å². The first kappa shape index (κ1) is 27.5. The van der Waals surface area contributed by atoms with Crippen molar-refractivity contribution in [2.75, 3.05) is 37.8 Å². The zero-order chi connectivity index (χ0) is 25.9. The zero-order valence-corrected chi connectivity index (χ0v) is 22.0. The molecule has 0 aliphatic carbocycles. The number of esters is 1. The molecular weight excluding hydrogens is 456 g/mol. The Hall–Kier alpha value is -3.06. The van der Waals surface area contributed by atoms with Gasteiger partial charge in [-0.3, -0.25) is 4.79 Å². The van der Waals surface area contributed by atoms with E-state index in [0.717, 1.165) is 29.9 Å². The van der Waals surface area contributed by atoms with Crippen LogP contribution in [-0.2, 0) is 20.7 Å². The van der Waals surface area contributed by atoms with Crippen LogP contribution in [0, 0.1) is 0 Å². The van der Waals surface area contributed by atoms with Crippen LogP contribution < -0.4 is 15.0 Å². The molecule has 0 saturated carbocycles. The summed E-state index contributed by atoms with van der Waals surface area (Å²) in [6, 6.07) is 13.2. The van der Waals surface area contributed by atoms with Crippen molar-refractivity contribution in [1.82, 2.24) is 5.32 Å². The van der Waals surface area contributed by atoms with Crippen molar-refractivity contribution in [3.63, 3.8) is 0 Å². The molecule has 36 heavy (non-hydrogen) atoms. The fourth-order valence-electron chi connectivity index (χ4n) is 4.46. The van der Waals surface area contributed by atoms with Gasteiger partial charge in [0.25, 0.3) is 0 Å². The van der Waals surface area contributed by atoms with Gasteiger partial charge in [-0.25, -0.2) is 4.79 Å². The highest BCUT2D eigenvalue weighted by molar-refractivity contribution is 5.93. The van der Waals surface area contributed by atoms with E-state index in [1.807, 2.05) is 26.8 Å². The van der Waals surface area contributed by atoms with Crippen molar-refractivity contribution in [2.24, 2.45) is 0 Å². The first-order valence-electron chi connectivity index (χ1n) is 13.1. The number of hydrogen-bond donors (Lipinski definition) is 1. The first-order chi connectivity index (χ1) is 17.4. The fraction of sp³-hybridized carbons (Fsp3) is 0.517. The molecular formula is C29H40N2O5. The zero-order valence-electron chi connectivity index (χ0n) is 22.0. The van der Waals surface area contributed by atoms with Gasteiger partial charge in [0.15, 0.2) is 0 Å². The summed E-state index contributed by atoms with van der Waals surface area (Å²) in [4.78, 5) is 27.9. The molecule has 1 atom stereocenters. The van der Waals surface area contributed by atoms with Crippen molar-refractivity contribution in [1.29, 1.82) is 0 Å². The number of piperidine rings is 1. The van der Waals surface area contributed by atoms with Crippen LogP contribution >= 0.6 is 0 Å². The molecule has 0 aromatic heterocycles. The summed E-state index contributed by atoms with van der Waals surface area (Å²) in [6.45, 7) is 10.7. The van der Waals surface area contributed by atoms with E-state index in [1.165, 1.54) is 19.3 Å². The van der Waals surface area contributed by atoms with E-state index in [-0.39, 0.29) is 31.1 Å². The second-order valence-corrected chi connectivity index (χ2v) is 9.27. The van der Waals surface area contributed by atoms with Gasteiger partial charge in [-0.15, -0.1) is 0 Å². The van der Waals surface area contributed by atoms with Crippen LogP contribution in [0.25, 0.3) is 0 Å². The predicted octanol–water partition coefficient (Wildman–Crippen LogP) is 5.08. The molecule has 1 aliphatic rings. The van der Waals surface area contributed by atoms with E-state index in [4.69, 9.17) is 14.2 Å². The summed E-state index contributed by atoms with van der Waals surface area (Å²) < 4.78 is 16.8. The van der Waals surface area contributed by atoms with Crippen LogP contribution in [0.1, 0.15) is 74.5 Å². The third-order valence-electron chi connectivity index (χ3n) is 6.15. The van der Waals surface area contributed by atoms with Gasteiger partial charge in [0.1, 0.15) is 11.3 Å². The molecule has 1 N–H and O–H groups in total. The van der Waals surface area contributed by atoms with Crippen LogP contribution in [0.5, 0.6) is 5.75 Å². The van der Waals surface area contributed by atoms with E-state index in [2.05, 4.69) is 28.4 Å². The van der Waals surface area contributed by atoms with Crippen molar-refractivity contribution in [2.45, 2.75) is 65.5 Å². The number of amides is 1. The summed E-state index contributed by atoms with van der Waals surface area (Å²) in [5.74, 6) is -0.124. The summed E-state index contributed by atoms with van der Waals surface area (Å²) in [6.07, 6.45) is 3.83. The van der Waals surface area contributed by atoms with Gasteiger partial charge < -0.3 is 24.4 Å². The number of nitrogens with one attached hydrogen (secondary N) is 1. The lowest BCUT2D eigenvalue weighted by Gasteiger charge is -2.33. The molecule has 1 heterocycles. The summed E-state index contributed by atoms with van der Waals surface area (Å²) in [5.41, 5.74) is 3.35. The van der Waals surface area contributed by atoms with Gasteiger partial charge in [0.2, 0.25) is 5.91 Å². The highest BCUT2D eigenvalue weighted by atomic mass is 16.5. The molecule has 0 radical (unpaired) electrons. The van der Waals surface area contributed by atoms with Crippen molar-refractivity contribution < 1.29 is 23.8 Å². The maximum absolute atomic E-state index is 13.2. The molecule has 1 saturated heterocycles. The summed E-state index contributed by atoms with van der Waals surface area (Å²) in [7, 11) is 0. The molecule has 0 spiro atoms. The van der Waals surface area contributed by atoms with E-state index < -0.39 is 5.97 Å². The third-order valence-corrected chi connectivity index (χ3v) is 6.15. The highest BCUT2D eigenvalue weighted by Crippen LogP contribution is 2.30. The largest absolute Gasteiger partial charge is 0.493 e. The average molecular weight is 497 g/mol. The van der Waals surface area contributed by atoms with Crippen LogP contribution in [-0.4, -0.2) is 50.9 Å². The predicted molar refractivity (Wildman–Crippen MR) is 142 cm³/mol. The number of nitrogens with zero attached hydrogens (tertiary/aromatic N) is 1. The number of rotatable bonds is 12. The Morgan fingerprint density at radius 3 is 2.44 bits per heavy atom. The number of anilines is 1. The first-order valence-corrected chi connectivity index (χ1v) is 13.1. The number of benzene rings is 2. The topological polar surface area (TPSA) is 77.1 Å². The maximum Gasteiger partial charge on any atom is 0.341 e. The van der Waals surface area contributed by atoms with Crippen LogP contribution in [0.3, 0.4) is 0 Å². The summed E-state index contributed by atoms with van der Waals surface area (Å²) in [5, 5.41) is 3.20. The Bertz CT molecular complexity index is 1000. The Kier molecular flexibility index (Phi) is 10.6. The van der Waals surface area contributed by atoms with Crippen molar-refractivity contribution in [3.05, 3.63) is 59.2 Å². The quantitative estimate of drug-likeness (QED) is 0.413. The molecule has 3 rings (SSSR count). The average Bonchev–Trinajstić information content (AvgIpc) is 2.87. The van der Waals surface area contributed by atoms with Crippen LogP contribution in [0.2, 0.25) is 0 Å². The van der Waals surface area contributed by atoms with E-state index >= 15 is 0 Å². The van der Waals surface area contributed by atoms with Crippen molar-refractivity contribution >= 4 is 17.6 Å². The Morgan fingerprint density at radius 1 is 1.00 bits per heavy atom. The minimum Gasteiger partial charge on any atom is -0.493 e. The number of ether oxygens (including phenoxy) is 3. The molecule has 1 fully saturated rings. The Labute approximate surface area is 215 Å². The van der Waals surface area contributed by atoms with Crippen LogP contribution in [0.15, 0.2) is 42.5 Å². The molecule has 1 aliphatic heterocycles. The van der Waals surface area contributed by atoms with Crippen LogP contribution in [0.4, 0.5) is 5.69 Å². The Morgan fingerprint density at radius 2 is 1.75 bits per heavy atom. The van der Waals surface area contributed by atoms with E-state index in [0.29, 0.717) is 24.5 Å². The lowest BCUT2D eigenvalue weighted by Crippen LogP contribution is -2.36. The van der Waals surface area contributed by atoms with Gasteiger partial charge in [0.05, 0.1) is 38.4 Å². The standard InChI is InChI=1S/C29H40N2O5/c1-5-34-27-18-22(14-15-24(27)29(33)35-6-2)19-28(32)30-25(20-36-21(3)4)23-12-8-9-13-26(23)31-16-10-7-11-17-31/h8-9,12-15,18,21,25H,5-7,10-11,16-17,19-20H2,1-4H3,(H,30,32). The molecule has 1 amide bonds. The van der Waals surface area contributed by atoms with E-state index in [9.17, 15) is 9.59 Å². The molecule has 7 nitrogen and oxygen atoms in total. The molecule has 0 bridgehead atoms. The maximum atomic E-state index is 13.2. The lowest BCUT2D eigenvalue weighted by molar-refractivity contribution is -0.121. The second-order valence-electron chi connectivity index (χ2n) is 9.27. The smallest absolute Gasteiger partial charge is 0.341 e. The third kappa shape index (κ3) is 7.72. The number of hydrogen-bond acceptors (Lipinski definition) is 6. The molecule has 2 aromatic rings. The Balaban J connectivity index is 1.79. The number of carbonyl (C=O) groups excluding carboxylic acids is 2. The second kappa shape index (κ2) is 13.9.